The minimum atomic E-state index is -0.417. The zero-order valence-corrected chi connectivity index (χ0v) is 12.5. The van der Waals surface area contributed by atoms with Crippen molar-refractivity contribution in [3.8, 4) is 11.8 Å². The molecule has 0 N–H and O–H groups in total. The lowest BCUT2D eigenvalue weighted by molar-refractivity contribution is 0.263. The highest BCUT2D eigenvalue weighted by atomic mass is 35.5. The average Bonchev–Trinajstić information content (AvgIpc) is 2.31. The monoisotopic (exact) mass is 305 g/mol. The Morgan fingerprint density at radius 2 is 2.00 bits per heavy atom. The molecular formula is C13H14Cl3NO. The van der Waals surface area contributed by atoms with Crippen LogP contribution in [0.15, 0.2) is 12.1 Å². The molecular weight excluding hydrogens is 293 g/mol. The van der Waals surface area contributed by atoms with Gasteiger partial charge in [0.25, 0.3) is 0 Å². The summed E-state index contributed by atoms with van der Waals surface area (Å²) in [5, 5.41) is 9.88. The van der Waals surface area contributed by atoms with Crippen LogP contribution in [0, 0.1) is 16.7 Å². The highest BCUT2D eigenvalue weighted by Crippen LogP contribution is 2.34. The minimum absolute atomic E-state index is 0.275. The third-order valence-electron chi connectivity index (χ3n) is 2.51. The van der Waals surface area contributed by atoms with Gasteiger partial charge in [0.1, 0.15) is 5.75 Å². The van der Waals surface area contributed by atoms with E-state index < -0.39 is 5.41 Å². The molecule has 2 nitrogen and oxygen atoms in total. The molecule has 0 aliphatic heterocycles. The van der Waals surface area contributed by atoms with E-state index >= 15 is 0 Å². The van der Waals surface area contributed by atoms with Crippen molar-refractivity contribution in [1.82, 2.24) is 0 Å². The zero-order chi connectivity index (χ0) is 13.8. The van der Waals surface area contributed by atoms with Gasteiger partial charge < -0.3 is 4.74 Å². The summed E-state index contributed by atoms with van der Waals surface area (Å²) in [6.45, 7) is 4.14. The SMILES string of the molecule is CC(C)(C#N)CCOc1c(Cl)cc(Cl)cc1CCl. The Morgan fingerprint density at radius 1 is 1.33 bits per heavy atom. The number of rotatable bonds is 5. The Hall–Kier alpha value is -0.620. The van der Waals surface area contributed by atoms with Gasteiger partial charge in [-0.15, -0.1) is 11.6 Å². The summed E-state index contributed by atoms with van der Waals surface area (Å²) in [5.41, 5.74) is 0.337. The second-order valence-corrected chi connectivity index (χ2v) is 5.71. The van der Waals surface area contributed by atoms with Crippen LogP contribution in [0.1, 0.15) is 25.8 Å². The number of ether oxygens (including phenoxy) is 1. The first-order valence-electron chi connectivity index (χ1n) is 5.47. The molecule has 0 saturated heterocycles. The molecule has 1 aromatic rings. The average molecular weight is 307 g/mol. The summed E-state index contributed by atoms with van der Waals surface area (Å²) in [6.07, 6.45) is 0.615. The molecule has 0 aromatic heterocycles. The first-order chi connectivity index (χ1) is 8.39. The lowest BCUT2D eigenvalue weighted by Crippen LogP contribution is -2.13. The molecule has 0 radical (unpaired) electrons. The molecule has 18 heavy (non-hydrogen) atoms. The van der Waals surface area contributed by atoms with Crippen molar-refractivity contribution in [2.24, 2.45) is 5.41 Å². The van der Waals surface area contributed by atoms with E-state index in [-0.39, 0.29) is 5.88 Å². The fraction of sp³-hybridized carbons (Fsp3) is 0.462. The molecule has 0 heterocycles. The Labute approximate surface area is 122 Å². The maximum Gasteiger partial charge on any atom is 0.142 e. The van der Waals surface area contributed by atoms with Crippen LogP contribution in [0.2, 0.25) is 10.0 Å². The number of benzene rings is 1. The highest BCUT2D eigenvalue weighted by molar-refractivity contribution is 6.35. The van der Waals surface area contributed by atoms with E-state index in [1.165, 1.54) is 0 Å². The van der Waals surface area contributed by atoms with Crippen molar-refractivity contribution >= 4 is 34.8 Å². The van der Waals surface area contributed by atoms with E-state index in [2.05, 4.69) is 6.07 Å². The predicted molar refractivity (Wildman–Crippen MR) is 75.5 cm³/mol. The number of nitrogens with zero attached hydrogens (tertiary/aromatic N) is 1. The van der Waals surface area contributed by atoms with Gasteiger partial charge in [0.15, 0.2) is 0 Å². The molecule has 0 aliphatic carbocycles. The van der Waals surface area contributed by atoms with Crippen LogP contribution in [0.4, 0.5) is 0 Å². The van der Waals surface area contributed by atoms with Crippen LogP contribution in [0.3, 0.4) is 0 Å². The van der Waals surface area contributed by atoms with Gasteiger partial charge in [-0.25, -0.2) is 0 Å². The third kappa shape index (κ3) is 4.24. The number of alkyl halides is 1. The number of halogens is 3. The maximum absolute atomic E-state index is 8.91. The fourth-order valence-corrected chi connectivity index (χ4v) is 2.13. The number of nitriles is 1. The normalized spacial score (nSPS) is 11.1. The van der Waals surface area contributed by atoms with E-state index in [0.29, 0.717) is 28.8 Å². The third-order valence-corrected chi connectivity index (χ3v) is 3.29. The topological polar surface area (TPSA) is 33.0 Å². The van der Waals surface area contributed by atoms with Crippen molar-refractivity contribution in [1.29, 1.82) is 5.26 Å². The lowest BCUT2D eigenvalue weighted by atomic mass is 9.92. The van der Waals surface area contributed by atoms with Gasteiger partial charge in [-0.2, -0.15) is 5.26 Å². The Morgan fingerprint density at radius 3 is 2.56 bits per heavy atom. The van der Waals surface area contributed by atoms with Crippen LogP contribution in [-0.2, 0) is 5.88 Å². The lowest BCUT2D eigenvalue weighted by Gasteiger charge is -2.17. The van der Waals surface area contributed by atoms with Gasteiger partial charge >= 0.3 is 0 Å². The largest absolute Gasteiger partial charge is 0.492 e. The Balaban J connectivity index is 2.77. The minimum Gasteiger partial charge on any atom is -0.492 e. The molecule has 5 heteroatoms. The zero-order valence-electron chi connectivity index (χ0n) is 10.3. The summed E-state index contributed by atoms with van der Waals surface area (Å²) in [6, 6.07) is 5.56. The molecule has 0 aliphatic rings. The van der Waals surface area contributed by atoms with E-state index in [4.69, 9.17) is 44.8 Å². The Kier molecular flexibility index (Phi) is 5.59. The predicted octanol–water partition coefficient (Wildman–Crippen LogP) is 5.05. The maximum atomic E-state index is 8.91. The van der Waals surface area contributed by atoms with Crippen LogP contribution >= 0.6 is 34.8 Å². The van der Waals surface area contributed by atoms with E-state index in [9.17, 15) is 0 Å². The van der Waals surface area contributed by atoms with Crippen molar-refractivity contribution in [3.05, 3.63) is 27.7 Å². The summed E-state index contributed by atoms with van der Waals surface area (Å²) >= 11 is 17.8. The number of hydrogen-bond acceptors (Lipinski definition) is 2. The van der Waals surface area contributed by atoms with Crippen LogP contribution in [0.25, 0.3) is 0 Å². The molecule has 0 atom stereocenters. The quantitative estimate of drug-likeness (QED) is 0.713. The molecule has 0 spiro atoms. The van der Waals surface area contributed by atoms with Crippen molar-refractivity contribution < 1.29 is 4.74 Å². The molecule has 98 valence electrons. The van der Waals surface area contributed by atoms with Gasteiger partial charge in [-0.1, -0.05) is 23.2 Å². The van der Waals surface area contributed by atoms with Crippen molar-refractivity contribution in [2.45, 2.75) is 26.1 Å². The molecule has 1 rings (SSSR count). The molecule has 0 amide bonds. The molecule has 1 aromatic carbocycles. The fourth-order valence-electron chi connectivity index (χ4n) is 1.34. The second kappa shape index (κ2) is 6.52. The van der Waals surface area contributed by atoms with Crippen molar-refractivity contribution in [2.75, 3.05) is 6.61 Å². The summed E-state index contributed by atoms with van der Waals surface area (Å²) in [4.78, 5) is 0. The summed E-state index contributed by atoms with van der Waals surface area (Å²) in [7, 11) is 0. The Bertz CT molecular complexity index is 466. The summed E-state index contributed by atoms with van der Waals surface area (Å²) in [5.74, 6) is 0.821. The number of hydrogen-bond donors (Lipinski definition) is 0. The molecule has 0 unspecified atom stereocenters. The first-order valence-corrected chi connectivity index (χ1v) is 6.76. The van der Waals surface area contributed by atoms with Gasteiger partial charge in [0, 0.05) is 10.6 Å². The van der Waals surface area contributed by atoms with Gasteiger partial charge in [0.2, 0.25) is 0 Å². The van der Waals surface area contributed by atoms with E-state index in [0.717, 1.165) is 5.56 Å². The van der Waals surface area contributed by atoms with Gasteiger partial charge in [0.05, 0.1) is 29.0 Å². The van der Waals surface area contributed by atoms with Gasteiger partial charge in [-0.05, 0) is 32.4 Å². The second-order valence-electron chi connectivity index (χ2n) is 4.60. The molecule has 0 fully saturated rings. The highest BCUT2D eigenvalue weighted by Gasteiger charge is 2.17. The van der Waals surface area contributed by atoms with Crippen LogP contribution < -0.4 is 4.74 Å². The van der Waals surface area contributed by atoms with Crippen molar-refractivity contribution in [3.63, 3.8) is 0 Å². The smallest absolute Gasteiger partial charge is 0.142 e. The van der Waals surface area contributed by atoms with E-state index in [1.54, 1.807) is 12.1 Å². The van der Waals surface area contributed by atoms with Crippen LogP contribution in [-0.4, -0.2) is 6.61 Å². The molecule has 0 saturated carbocycles. The van der Waals surface area contributed by atoms with E-state index in [1.807, 2.05) is 13.8 Å². The van der Waals surface area contributed by atoms with Crippen LogP contribution in [0.5, 0.6) is 5.75 Å². The first kappa shape index (κ1) is 15.4. The summed E-state index contributed by atoms with van der Waals surface area (Å²) < 4.78 is 5.63. The van der Waals surface area contributed by atoms with Gasteiger partial charge in [-0.3, -0.25) is 0 Å². The molecule has 0 bridgehead atoms. The standard InChI is InChI=1S/C13H14Cl3NO/c1-13(2,8-17)3-4-18-12-9(7-14)5-10(15)6-11(12)16/h5-6H,3-4,7H2,1-2H3.